The van der Waals surface area contributed by atoms with Crippen LogP contribution in [0.25, 0.3) is 0 Å². The molecule has 1 aromatic rings. The van der Waals surface area contributed by atoms with Gasteiger partial charge in [0.1, 0.15) is 6.23 Å². The average molecular weight is 351 g/mol. The van der Waals surface area contributed by atoms with Crippen LogP contribution in [0.1, 0.15) is 12.6 Å². The number of aliphatic hydroxyl groups excluding tert-OH is 1. The third kappa shape index (κ3) is 2.44. The van der Waals surface area contributed by atoms with Crippen molar-refractivity contribution < 1.29 is 9.84 Å². The number of ether oxygens (including phenoxy) is 1. The van der Waals surface area contributed by atoms with Crippen LogP contribution in [0.5, 0.6) is 0 Å². The number of nitrogens with one attached hydrogen (secondary N) is 1. The van der Waals surface area contributed by atoms with Gasteiger partial charge in [0.05, 0.1) is 16.3 Å². The highest BCUT2D eigenvalue weighted by atomic mass is 125. The summed E-state index contributed by atoms with van der Waals surface area (Å²) in [7, 11) is 0. The summed E-state index contributed by atoms with van der Waals surface area (Å²) in [6, 6.07) is -0.318. The van der Waals surface area contributed by atoms with Gasteiger partial charge in [-0.3, -0.25) is 14.3 Å². The standard InChI is InChI=1S/C9H12IN3O4/c10-4-2-13(9(16)12-8(4)15)7-1-5(11)6(3-14)17-7/h2,5-7,14H,1,3,11H2,(H,12,15,16)/t5-,6+,7+/m0/s1/i10-2. The van der Waals surface area contributed by atoms with Gasteiger partial charge in [0.25, 0.3) is 5.56 Å². The highest BCUT2D eigenvalue weighted by molar-refractivity contribution is 14.1. The minimum Gasteiger partial charge on any atom is -0.394 e. The molecule has 7 nitrogen and oxygen atoms in total. The molecule has 0 aliphatic carbocycles. The molecule has 1 saturated heterocycles. The maximum atomic E-state index is 11.6. The molecular weight excluding hydrogens is 339 g/mol. The first kappa shape index (κ1) is 12.7. The highest BCUT2D eigenvalue weighted by Gasteiger charge is 2.33. The smallest absolute Gasteiger partial charge is 0.330 e. The van der Waals surface area contributed by atoms with Gasteiger partial charge in [-0.2, -0.15) is 0 Å². The lowest BCUT2D eigenvalue weighted by Gasteiger charge is -2.14. The van der Waals surface area contributed by atoms with Gasteiger partial charge in [-0.25, -0.2) is 4.79 Å². The van der Waals surface area contributed by atoms with Crippen LogP contribution in [0.4, 0.5) is 0 Å². The van der Waals surface area contributed by atoms with E-state index in [0.717, 1.165) is 0 Å². The second kappa shape index (κ2) is 4.88. The fourth-order valence-corrected chi connectivity index (χ4v) is 2.21. The number of nitrogens with zero attached hydrogens (tertiary/aromatic N) is 1. The number of rotatable bonds is 2. The summed E-state index contributed by atoms with van der Waals surface area (Å²) in [5.41, 5.74) is 4.80. The van der Waals surface area contributed by atoms with Crippen molar-refractivity contribution in [3.05, 3.63) is 30.6 Å². The molecule has 0 aromatic carbocycles. The molecule has 3 atom stereocenters. The van der Waals surface area contributed by atoms with Crippen molar-refractivity contribution in [1.82, 2.24) is 9.55 Å². The van der Waals surface area contributed by atoms with Gasteiger partial charge >= 0.3 is 5.69 Å². The Morgan fingerprint density at radius 3 is 2.94 bits per heavy atom. The second-order valence-corrected chi connectivity index (χ2v) is 5.02. The molecule has 1 aliphatic heterocycles. The van der Waals surface area contributed by atoms with Crippen LogP contribution in [0.15, 0.2) is 15.8 Å². The first-order valence-electron chi connectivity index (χ1n) is 5.05. The summed E-state index contributed by atoms with van der Waals surface area (Å²) in [5, 5.41) is 9.02. The van der Waals surface area contributed by atoms with Gasteiger partial charge in [0.15, 0.2) is 0 Å². The molecule has 1 aliphatic rings. The van der Waals surface area contributed by atoms with Crippen LogP contribution < -0.4 is 17.0 Å². The number of nitrogens with two attached hydrogens (primary N) is 1. The molecule has 1 fully saturated rings. The Balaban J connectivity index is 2.34. The Labute approximate surface area is 110 Å². The van der Waals surface area contributed by atoms with Crippen molar-refractivity contribution in [2.75, 3.05) is 6.61 Å². The summed E-state index contributed by atoms with van der Waals surface area (Å²) < 4.78 is 7.13. The first-order valence-corrected chi connectivity index (χ1v) is 6.13. The molecule has 8 heteroatoms. The minimum absolute atomic E-state index is 0.188. The lowest BCUT2D eigenvalue weighted by atomic mass is 10.1. The number of hydrogen-bond donors (Lipinski definition) is 3. The van der Waals surface area contributed by atoms with E-state index >= 15 is 0 Å². The molecular formula is C9H12IN3O4. The van der Waals surface area contributed by atoms with Crippen LogP contribution in [0, 0.1) is 3.57 Å². The predicted molar refractivity (Wildman–Crippen MR) is 67.6 cm³/mol. The largest absolute Gasteiger partial charge is 0.394 e. The van der Waals surface area contributed by atoms with E-state index in [-0.39, 0.29) is 12.6 Å². The highest BCUT2D eigenvalue weighted by Crippen LogP contribution is 2.25. The van der Waals surface area contributed by atoms with Crippen molar-refractivity contribution in [2.24, 2.45) is 5.73 Å². The lowest BCUT2D eigenvalue weighted by Crippen LogP contribution is -2.33. The Hall–Kier alpha value is -0.710. The van der Waals surface area contributed by atoms with Gasteiger partial charge in [-0.15, -0.1) is 0 Å². The van der Waals surface area contributed by atoms with Crippen molar-refractivity contribution >= 4 is 22.6 Å². The number of hydrogen-bond acceptors (Lipinski definition) is 5. The molecule has 4 N–H and O–H groups in total. The third-order valence-electron chi connectivity index (χ3n) is 2.70. The second-order valence-electron chi connectivity index (χ2n) is 3.85. The fraction of sp³-hybridized carbons (Fsp3) is 0.556. The molecule has 2 rings (SSSR count). The van der Waals surface area contributed by atoms with Crippen LogP contribution in [-0.2, 0) is 4.74 Å². The van der Waals surface area contributed by atoms with Gasteiger partial charge in [0.2, 0.25) is 0 Å². The fourth-order valence-electron chi connectivity index (χ4n) is 1.78. The van der Waals surface area contributed by atoms with Crippen molar-refractivity contribution in [3.8, 4) is 0 Å². The van der Waals surface area contributed by atoms with Crippen molar-refractivity contribution in [2.45, 2.75) is 24.8 Å². The van der Waals surface area contributed by atoms with Gasteiger partial charge in [0, 0.05) is 18.7 Å². The van der Waals surface area contributed by atoms with E-state index in [0.29, 0.717) is 9.99 Å². The summed E-state index contributed by atoms with van der Waals surface area (Å²) in [6.07, 6.45) is 0.836. The Kier molecular flexibility index (Phi) is 3.66. The molecule has 94 valence electrons. The van der Waals surface area contributed by atoms with E-state index in [1.807, 2.05) is 22.6 Å². The van der Waals surface area contributed by atoms with E-state index in [9.17, 15) is 9.59 Å². The normalized spacial score (nSPS) is 28.5. The zero-order valence-corrected chi connectivity index (χ0v) is 11.0. The number of aromatic amines is 1. The summed E-state index contributed by atoms with van der Waals surface area (Å²) in [6.45, 7) is -0.188. The zero-order chi connectivity index (χ0) is 12.6. The van der Waals surface area contributed by atoms with E-state index < -0.39 is 23.6 Å². The van der Waals surface area contributed by atoms with E-state index in [1.54, 1.807) is 0 Å². The van der Waals surface area contributed by atoms with E-state index in [2.05, 4.69) is 4.98 Å². The molecule has 0 unspecified atom stereocenters. The van der Waals surface area contributed by atoms with E-state index in [4.69, 9.17) is 15.6 Å². The molecule has 0 amide bonds. The predicted octanol–water partition coefficient (Wildman–Crippen LogP) is -1.25. The quantitative estimate of drug-likeness (QED) is 0.577. The monoisotopic (exact) mass is 351 g/mol. The number of aliphatic hydroxyl groups is 1. The van der Waals surface area contributed by atoms with Crippen LogP contribution >= 0.6 is 22.6 Å². The number of H-pyrrole nitrogens is 1. The van der Waals surface area contributed by atoms with Crippen LogP contribution in [-0.4, -0.2) is 33.4 Å². The zero-order valence-electron chi connectivity index (χ0n) is 8.80. The summed E-state index contributed by atoms with van der Waals surface area (Å²) in [5.74, 6) is 0. The van der Waals surface area contributed by atoms with Crippen molar-refractivity contribution in [1.29, 1.82) is 0 Å². The average Bonchev–Trinajstić information content (AvgIpc) is 2.65. The molecule has 2 heterocycles. The molecule has 0 radical (unpaired) electrons. The van der Waals surface area contributed by atoms with Gasteiger partial charge in [-0.05, 0) is 22.6 Å². The minimum atomic E-state index is -0.542. The Morgan fingerprint density at radius 2 is 2.35 bits per heavy atom. The van der Waals surface area contributed by atoms with Gasteiger partial charge < -0.3 is 15.6 Å². The summed E-state index contributed by atoms with van der Waals surface area (Å²) >= 11 is 1.83. The molecule has 0 spiro atoms. The maximum absolute atomic E-state index is 11.6. The lowest BCUT2D eigenvalue weighted by molar-refractivity contribution is -0.0272. The molecule has 0 saturated carbocycles. The summed E-state index contributed by atoms with van der Waals surface area (Å²) in [4.78, 5) is 25.0. The Bertz CT molecular complexity index is 526. The van der Waals surface area contributed by atoms with Crippen molar-refractivity contribution in [3.63, 3.8) is 0 Å². The third-order valence-corrected chi connectivity index (χ3v) is 3.47. The number of halogens is 1. The van der Waals surface area contributed by atoms with E-state index in [1.165, 1.54) is 10.8 Å². The van der Waals surface area contributed by atoms with Gasteiger partial charge in [-0.1, -0.05) is 0 Å². The molecule has 17 heavy (non-hydrogen) atoms. The van der Waals surface area contributed by atoms with Crippen LogP contribution in [0.2, 0.25) is 0 Å². The van der Waals surface area contributed by atoms with Crippen LogP contribution in [0.3, 0.4) is 0 Å². The topological polar surface area (TPSA) is 110 Å². The first-order chi connectivity index (χ1) is 8.02. The Morgan fingerprint density at radius 1 is 1.65 bits per heavy atom. The SMILES string of the molecule is N[C@H]1C[C@H](n2cc([125I])c(=O)[nH]c2=O)O[C@@H]1CO. The molecule has 0 bridgehead atoms. The maximum Gasteiger partial charge on any atom is 0.330 e. The number of aromatic nitrogens is 2. The molecule has 1 aromatic heterocycles.